The van der Waals surface area contributed by atoms with E-state index < -0.39 is 17.6 Å². The zero-order valence-corrected chi connectivity index (χ0v) is 11.8. The molecule has 0 saturated heterocycles. The largest absolute Gasteiger partial charge is 0.416 e. The molecule has 20 heavy (non-hydrogen) atoms. The van der Waals surface area contributed by atoms with Crippen LogP contribution in [0.25, 0.3) is 0 Å². The third-order valence-corrected chi connectivity index (χ3v) is 3.54. The first kappa shape index (κ1) is 17.3. The SMILES string of the molecule is CSCC(CCO)NCc1cc(C(F)(F)F)ccc1F. The minimum atomic E-state index is -4.48. The van der Waals surface area contributed by atoms with Gasteiger partial charge in [0.05, 0.1) is 5.56 Å². The number of halogens is 4. The van der Waals surface area contributed by atoms with Crippen molar-refractivity contribution >= 4 is 11.8 Å². The number of thioether (sulfide) groups is 1. The number of hydrogen-bond donors (Lipinski definition) is 2. The van der Waals surface area contributed by atoms with E-state index in [1.54, 1.807) is 11.8 Å². The van der Waals surface area contributed by atoms with Crippen LogP contribution in [0.3, 0.4) is 0 Å². The van der Waals surface area contributed by atoms with E-state index >= 15 is 0 Å². The minimum Gasteiger partial charge on any atom is -0.396 e. The lowest BCUT2D eigenvalue weighted by atomic mass is 10.1. The maximum Gasteiger partial charge on any atom is 0.416 e. The Balaban J connectivity index is 2.75. The van der Waals surface area contributed by atoms with Gasteiger partial charge < -0.3 is 10.4 Å². The van der Waals surface area contributed by atoms with Crippen LogP contribution in [-0.4, -0.2) is 29.8 Å². The lowest BCUT2D eigenvalue weighted by molar-refractivity contribution is -0.137. The summed E-state index contributed by atoms with van der Waals surface area (Å²) < 4.78 is 51.2. The molecule has 7 heteroatoms. The summed E-state index contributed by atoms with van der Waals surface area (Å²) in [7, 11) is 0. The van der Waals surface area contributed by atoms with E-state index in [1.165, 1.54) is 0 Å². The number of hydrogen-bond acceptors (Lipinski definition) is 3. The highest BCUT2D eigenvalue weighted by Gasteiger charge is 2.31. The Morgan fingerprint density at radius 2 is 2.05 bits per heavy atom. The van der Waals surface area contributed by atoms with Gasteiger partial charge in [0.2, 0.25) is 0 Å². The first-order valence-corrected chi connectivity index (χ1v) is 7.46. The Hall–Kier alpha value is -0.790. The molecule has 1 unspecified atom stereocenters. The van der Waals surface area contributed by atoms with Gasteiger partial charge in [0.1, 0.15) is 5.82 Å². The third kappa shape index (κ3) is 5.30. The van der Waals surface area contributed by atoms with Crippen LogP contribution >= 0.6 is 11.8 Å². The molecule has 1 aromatic carbocycles. The van der Waals surface area contributed by atoms with Gasteiger partial charge in [0.15, 0.2) is 0 Å². The first-order valence-electron chi connectivity index (χ1n) is 6.07. The Morgan fingerprint density at radius 3 is 2.60 bits per heavy atom. The van der Waals surface area contributed by atoms with Crippen molar-refractivity contribution in [1.82, 2.24) is 5.32 Å². The lowest BCUT2D eigenvalue weighted by Gasteiger charge is -2.17. The third-order valence-electron chi connectivity index (χ3n) is 2.80. The number of nitrogens with one attached hydrogen (secondary N) is 1. The van der Waals surface area contributed by atoms with Gasteiger partial charge in [-0.2, -0.15) is 24.9 Å². The Kier molecular flexibility index (Phi) is 6.78. The van der Waals surface area contributed by atoms with Gasteiger partial charge in [-0.1, -0.05) is 0 Å². The molecule has 0 heterocycles. The molecule has 0 spiro atoms. The van der Waals surface area contributed by atoms with Crippen LogP contribution in [0.2, 0.25) is 0 Å². The van der Waals surface area contributed by atoms with Crippen LogP contribution in [0.1, 0.15) is 17.5 Å². The van der Waals surface area contributed by atoms with Crippen LogP contribution < -0.4 is 5.32 Å². The van der Waals surface area contributed by atoms with E-state index in [-0.39, 0.29) is 24.8 Å². The molecular formula is C13H17F4NOS. The standard InChI is InChI=1S/C13H17F4NOS/c1-20-8-11(4-5-19)18-7-9-6-10(13(15,16)17)2-3-12(9)14/h2-3,6,11,18-19H,4-5,7-8H2,1H3. The van der Waals surface area contributed by atoms with Crippen molar-refractivity contribution in [3.8, 4) is 0 Å². The second kappa shape index (κ2) is 7.85. The Bertz CT molecular complexity index is 419. The summed E-state index contributed by atoms with van der Waals surface area (Å²) in [6.07, 6.45) is -2.12. The topological polar surface area (TPSA) is 32.3 Å². The molecule has 0 aliphatic rings. The average molecular weight is 311 g/mol. The normalized spacial score (nSPS) is 13.5. The van der Waals surface area contributed by atoms with Crippen LogP contribution in [-0.2, 0) is 12.7 Å². The van der Waals surface area contributed by atoms with Crippen molar-refractivity contribution in [3.63, 3.8) is 0 Å². The Morgan fingerprint density at radius 1 is 1.35 bits per heavy atom. The highest BCUT2D eigenvalue weighted by Crippen LogP contribution is 2.30. The number of alkyl halides is 3. The number of rotatable bonds is 7. The first-order chi connectivity index (χ1) is 9.38. The van der Waals surface area contributed by atoms with Crippen molar-refractivity contribution in [2.45, 2.75) is 25.2 Å². The van der Waals surface area contributed by atoms with Gasteiger partial charge in [-0.25, -0.2) is 4.39 Å². The molecular weight excluding hydrogens is 294 g/mol. The zero-order valence-electron chi connectivity index (χ0n) is 11.0. The van der Waals surface area contributed by atoms with E-state index in [9.17, 15) is 17.6 Å². The zero-order chi connectivity index (χ0) is 15.2. The van der Waals surface area contributed by atoms with Gasteiger partial charge in [-0.05, 0) is 30.9 Å². The fourth-order valence-corrected chi connectivity index (χ4v) is 2.43. The molecule has 0 aliphatic heterocycles. The maximum atomic E-state index is 13.5. The van der Waals surface area contributed by atoms with Gasteiger partial charge in [-0.3, -0.25) is 0 Å². The van der Waals surface area contributed by atoms with Crippen molar-refractivity contribution in [1.29, 1.82) is 0 Å². The van der Waals surface area contributed by atoms with Crippen molar-refractivity contribution in [2.75, 3.05) is 18.6 Å². The molecule has 0 bridgehead atoms. The molecule has 114 valence electrons. The van der Waals surface area contributed by atoms with Gasteiger partial charge >= 0.3 is 6.18 Å². The summed E-state index contributed by atoms with van der Waals surface area (Å²) in [4.78, 5) is 0. The van der Waals surface area contributed by atoms with E-state index in [1.807, 2.05) is 6.26 Å². The summed E-state index contributed by atoms with van der Waals surface area (Å²) in [5.74, 6) is 0.0265. The maximum absolute atomic E-state index is 13.5. The van der Waals surface area contributed by atoms with Crippen LogP contribution in [0.15, 0.2) is 18.2 Å². The monoisotopic (exact) mass is 311 g/mol. The number of aliphatic hydroxyl groups excluding tert-OH is 1. The number of aliphatic hydroxyl groups is 1. The van der Waals surface area contributed by atoms with Crippen molar-refractivity contribution in [3.05, 3.63) is 35.1 Å². The molecule has 2 N–H and O–H groups in total. The highest BCUT2D eigenvalue weighted by atomic mass is 32.2. The molecule has 1 aromatic rings. The summed E-state index contributed by atoms with van der Waals surface area (Å²) in [5.41, 5.74) is -0.886. The summed E-state index contributed by atoms with van der Waals surface area (Å²) >= 11 is 1.55. The van der Waals surface area contributed by atoms with E-state index in [4.69, 9.17) is 5.11 Å². The molecule has 0 radical (unpaired) electrons. The second-order valence-electron chi connectivity index (χ2n) is 4.35. The van der Waals surface area contributed by atoms with E-state index in [2.05, 4.69) is 5.32 Å². The molecule has 0 aliphatic carbocycles. The van der Waals surface area contributed by atoms with Gasteiger partial charge in [0.25, 0.3) is 0 Å². The molecule has 0 fully saturated rings. The molecule has 0 aromatic heterocycles. The van der Waals surface area contributed by atoms with E-state index in [0.717, 1.165) is 18.2 Å². The van der Waals surface area contributed by atoms with Crippen LogP contribution in [0.5, 0.6) is 0 Å². The summed E-state index contributed by atoms with van der Waals surface area (Å²) in [6.45, 7) is -0.0235. The highest BCUT2D eigenvalue weighted by molar-refractivity contribution is 7.98. The molecule has 1 atom stereocenters. The fraction of sp³-hybridized carbons (Fsp3) is 0.538. The predicted octanol–water partition coefficient (Wildman–Crippen LogP) is 3.05. The minimum absolute atomic E-state index is 0.000972. The lowest BCUT2D eigenvalue weighted by Crippen LogP contribution is -2.32. The quantitative estimate of drug-likeness (QED) is 0.759. The second-order valence-corrected chi connectivity index (χ2v) is 5.26. The van der Waals surface area contributed by atoms with Gasteiger partial charge in [0, 0.05) is 30.5 Å². The average Bonchev–Trinajstić information content (AvgIpc) is 2.36. The fourth-order valence-electron chi connectivity index (χ4n) is 1.74. The summed E-state index contributed by atoms with van der Waals surface area (Å²) in [5, 5.41) is 11.9. The van der Waals surface area contributed by atoms with Crippen LogP contribution in [0.4, 0.5) is 17.6 Å². The van der Waals surface area contributed by atoms with Gasteiger partial charge in [-0.15, -0.1) is 0 Å². The van der Waals surface area contributed by atoms with Crippen LogP contribution in [0, 0.1) is 5.82 Å². The Labute approximate surface area is 119 Å². The molecule has 0 amide bonds. The molecule has 0 saturated carbocycles. The molecule has 1 rings (SSSR count). The molecule has 2 nitrogen and oxygen atoms in total. The summed E-state index contributed by atoms with van der Waals surface area (Å²) in [6, 6.07) is 2.31. The predicted molar refractivity (Wildman–Crippen MR) is 72.1 cm³/mol. The van der Waals surface area contributed by atoms with E-state index in [0.29, 0.717) is 12.2 Å². The van der Waals surface area contributed by atoms with Crippen molar-refractivity contribution in [2.24, 2.45) is 0 Å². The number of benzene rings is 1. The van der Waals surface area contributed by atoms with Crippen molar-refractivity contribution < 1.29 is 22.7 Å². The smallest absolute Gasteiger partial charge is 0.396 e.